The van der Waals surface area contributed by atoms with Crippen molar-refractivity contribution in [2.24, 2.45) is 0 Å². The molecule has 2 aromatic heterocycles. The van der Waals surface area contributed by atoms with Crippen molar-refractivity contribution >= 4 is 40.6 Å². The molecule has 0 saturated heterocycles. The van der Waals surface area contributed by atoms with Crippen LogP contribution in [0.5, 0.6) is 0 Å². The van der Waals surface area contributed by atoms with Gasteiger partial charge in [-0.15, -0.1) is 11.3 Å². The first-order chi connectivity index (χ1) is 16.4. The summed E-state index contributed by atoms with van der Waals surface area (Å²) in [6, 6.07) is 12.2. The lowest BCUT2D eigenvalue weighted by atomic mass is 10.1. The predicted molar refractivity (Wildman–Crippen MR) is 131 cm³/mol. The van der Waals surface area contributed by atoms with Gasteiger partial charge in [-0.3, -0.25) is 9.59 Å². The summed E-state index contributed by atoms with van der Waals surface area (Å²) in [5.74, 6) is 0.0486. The number of rotatable bonds is 10. The van der Waals surface area contributed by atoms with Crippen molar-refractivity contribution in [3.63, 3.8) is 0 Å². The number of anilines is 2. The van der Waals surface area contributed by atoms with E-state index in [1.165, 1.54) is 11.3 Å². The lowest BCUT2D eigenvalue weighted by Gasteiger charge is -2.25. The zero-order chi connectivity index (χ0) is 24.5. The highest BCUT2D eigenvalue weighted by Crippen LogP contribution is 2.26. The third kappa shape index (κ3) is 6.85. The highest BCUT2D eigenvalue weighted by molar-refractivity contribution is 7.12. The van der Waals surface area contributed by atoms with Gasteiger partial charge in [0, 0.05) is 32.0 Å². The Morgan fingerprint density at radius 3 is 2.56 bits per heavy atom. The zero-order valence-corrected chi connectivity index (χ0v) is 20.2. The van der Waals surface area contributed by atoms with E-state index in [0.29, 0.717) is 29.4 Å². The Bertz CT molecular complexity index is 1100. The van der Waals surface area contributed by atoms with E-state index in [2.05, 4.69) is 10.6 Å². The van der Waals surface area contributed by atoms with Gasteiger partial charge >= 0.3 is 12.0 Å². The highest BCUT2D eigenvalue weighted by atomic mass is 32.1. The van der Waals surface area contributed by atoms with Gasteiger partial charge in [0.2, 0.25) is 0 Å². The van der Waals surface area contributed by atoms with Crippen molar-refractivity contribution in [2.45, 2.75) is 20.0 Å². The van der Waals surface area contributed by atoms with Crippen LogP contribution in [-0.2, 0) is 22.6 Å². The van der Waals surface area contributed by atoms with E-state index in [1.807, 2.05) is 48.6 Å². The summed E-state index contributed by atoms with van der Waals surface area (Å²) in [6.45, 7) is 2.31. The molecule has 0 saturated carbocycles. The first-order valence-corrected chi connectivity index (χ1v) is 11.6. The molecule has 0 bridgehead atoms. The number of nitrogens with one attached hydrogen (secondary N) is 2. The van der Waals surface area contributed by atoms with Crippen LogP contribution < -0.4 is 15.5 Å². The molecule has 0 aliphatic rings. The SMILES string of the molecule is CCOC(=O)CNC(=O)Nc1ccc(N(C)C)c(CN(Cc2ccco2)C(=O)c2cccs2)c1. The predicted octanol–water partition coefficient (Wildman–Crippen LogP) is 3.93. The normalized spacial score (nSPS) is 10.4. The maximum absolute atomic E-state index is 13.2. The lowest BCUT2D eigenvalue weighted by molar-refractivity contribution is -0.141. The first kappa shape index (κ1) is 24.8. The molecule has 3 aromatic rings. The van der Waals surface area contributed by atoms with Crippen LogP contribution in [0.3, 0.4) is 0 Å². The van der Waals surface area contributed by atoms with Crippen molar-refractivity contribution in [3.05, 3.63) is 70.3 Å². The summed E-state index contributed by atoms with van der Waals surface area (Å²) < 4.78 is 10.3. The maximum Gasteiger partial charge on any atom is 0.325 e. The molecule has 1 aromatic carbocycles. The van der Waals surface area contributed by atoms with Gasteiger partial charge in [-0.1, -0.05) is 6.07 Å². The number of hydrogen-bond donors (Lipinski definition) is 2. The molecule has 0 fully saturated rings. The van der Waals surface area contributed by atoms with Gasteiger partial charge in [0.05, 0.1) is 24.3 Å². The minimum atomic E-state index is -0.529. The number of thiophene rings is 1. The second-order valence-corrected chi connectivity index (χ2v) is 8.52. The van der Waals surface area contributed by atoms with Gasteiger partial charge in [-0.05, 0) is 54.3 Å². The average molecular weight is 485 g/mol. The van der Waals surface area contributed by atoms with Crippen LogP contribution >= 0.6 is 11.3 Å². The topological polar surface area (TPSA) is 104 Å². The number of hydrogen-bond acceptors (Lipinski definition) is 7. The number of amides is 3. The summed E-state index contributed by atoms with van der Waals surface area (Å²) in [7, 11) is 3.83. The second-order valence-electron chi connectivity index (χ2n) is 7.57. The van der Waals surface area contributed by atoms with E-state index in [1.54, 1.807) is 36.3 Å². The molecule has 3 amide bonds. The molecule has 0 atom stereocenters. The first-order valence-electron chi connectivity index (χ1n) is 10.7. The van der Waals surface area contributed by atoms with Crippen molar-refractivity contribution in [2.75, 3.05) is 37.5 Å². The molecule has 2 N–H and O–H groups in total. The summed E-state index contributed by atoms with van der Waals surface area (Å²) in [5, 5.41) is 7.06. The largest absolute Gasteiger partial charge is 0.467 e. The summed E-state index contributed by atoms with van der Waals surface area (Å²) >= 11 is 1.38. The minimum absolute atomic E-state index is 0.110. The van der Waals surface area contributed by atoms with E-state index in [-0.39, 0.29) is 19.1 Å². The zero-order valence-electron chi connectivity index (χ0n) is 19.4. The van der Waals surface area contributed by atoms with Crippen molar-refractivity contribution in [1.82, 2.24) is 10.2 Å². The quantitative estimate of drug-likeness (QED) is 0.423. The van der Waals surface area contributed by atoms with Crippen LogP contribution in [0.2, 0.25) is 0 Å². The standard InChI is InChI=1S/C24H28N4O5S/c1-4-32-22(29)14-25-24(31)26-18-9-10-20(27(2)3)17(13-18)15-28(16-19-7-5-11-33-19)23(30)21-8-6-12-34-21/h5-13H,4,14-16H2,1-3H3,(H2,25,26,31). The number of carbonyl (C=O) groups excluding carboxylic acids is 3. The van der Waals surface area contributed by atoms with E-state index < -0.39 is 12.0 Å². The van der Waals surface area contributed by atoms with Crippen LogP contribution in [0.4, 0.5) is 16.2 Å². The summed E-state index contributed by atoms with van der Waals surface area (Å²) in [6.07, 6.45) is 1.58. The van der Waals surface area contributed by atoms with Crippen molar-refractivity contribution in [3.8, 4) is 0 Å². The Hall–Kier alpha value is -3.79. The van der Waals surface area contributed by atoms with Gasteiger partial charge in [-0.2, -0.15) is 0 Å². The van der Waals surface area contributed by atoms with Crippen LogP contribution in [0.1, 0.15) is 27.9 Å². The molecule has 34 heavy (non-hydrogen) atoms. The fourth-order valence-electron chi connectivity index (χ4n) is 3.32. The van der Waals surface area contributed by atoms with E-state index in [0.717, 1.165) is 11.3 Å². The highest BCUT2D eigenvalue weighted by Gasteiger charge is 2.21. The number of ether oxygens (including phenoxy) is 1. The fraction of sp³-hybridized carbons (Fsp3) is 0.292. The molecule has 180 valence electrons. The number of carbonyl (C=O) groups is 3. The monoisotopic (exact) mass is 484 g/mol. The Morgan fingerprint density at radius 1 is 1.09 bits per heavy atom. The number of benzene rings is 1. The third-order valence-electron chi connectivity index (χ3n) is 4.82. The maximum atomic E-state index is 13.2. The van der Waals surface area contributed by atoms with Crippen molar-refractivity contribution in [1.29, 1.82) is 0 Å². The molecule has 0 spiro atoms. The Morgan fingerprint density at radius 2 is 1.91 bits per heavy atom. The molecule has 0 radical (unpaired) electrons. The van der Waals surface area contributed by atoms with Gasteiger partial charge in [0.1, 0.15) is 12.3 Å². The van der Waals surface area contributed by atoms with Crippen molar-refractivity contribution < 1.29 is 23.5 Å². The Balaban J connectivity index is 1.80. The van der Waals surface area contributed by atoms with E-state index in [4.69, 9.17) is 9.15 Å². The molecule has 0 unspecified atom stereocenters. The molecule has 9 nitrogen and oxygen atoms in total. The minimum Gasteiger partial charge on any atom is -0.467 e. The summed E-state index contributed by atoms with van der Waals surface area (Å²) in [5.41, 5.74) is 2.27. The smallest absolute Gasteiger partial charge is 0.325 e. The van der Waals surface area contributed by atoms with Crippen LogP contribution in [0.15, 0.2) is 58.5 Å². The Labute approximate surface area is 202 Å². The average Bonchev–Trinajstić information content (AvgIpc) is 3.51. The molecular formula is C24H28N4O5S. The van der Waals surface area contributed by atoms with Gasteiger partial charge < -0.3 is 29.6 Å². The van der Waals surface area contributed by atoms with Gasteiger partial charge in [-0.25, -0.2) is 4.79 Å². The molecule has 10 heteroatoms. The third-order valence-corrected chi connectivity index (χ3v) is 5.68. The summed E-state index contributed by atoms with van der Waals surface area (Å²) in [4.78, 5) is 41.2. The molecule has 0 aliphatic carbocycles. The molecular weight excluding hydrogens is 456 g/mol. The van der Waals surface area contributed by atoms with Gasteiger partial charge in [0.15, 0.2) is 0 Å². The molecule has 2 heterocycles. The molecule has 0 aliphatic heterocycles. The lowest BCUT2D eigenvalue weighted by Crippen LogP contribution is -2.34. The number of nitrogens with zero attached hydrogens (tertiary/aromatic N) is 2. The van der Waals surface area contributed by atoms with Crippen LogP contribution in [0.25, 0.3) is 0 Å². The van der Waals surface area contributed by atoms with E-state index >= 15 is 0 Å². The van der Waals surface area contributed by atoms with Crippen LogP contribution in [-0.4, -0.2) is 50.1 Å². The number of esters is 1. The van der Waals surface area contributed by atoms with E-state index in [9.17, 15) is 14.4 Å². The molecule has 3 rings (SSSR count). The Kier molecular flexibility index (Phi) is 8.69. The van der Waals surface area contributed by atoms with Gasteiger partial charge in [0.25, 0.3) is 5.91 Å². The second kappa shape index (κ2) is 11.9. The fourth-order valence-corrected chi connectivity index (χ4v) is 4.01. The number of urea groups is 1. The number of furan rings is 1. The van der Waals surface area contributed by atoms with Crippen LogP contribution in [0, 0.1) is 0 Å².